The van der Waals surface area contributed by atoms with Crippen LogP contribution in [0.1, 0.15) is 31.2 Å². The Morgan fingerprint density at radius 2 is 2.00 bits per heavy atom. The second-order valence-electron chi connectivity index (χ2n) is 7.51. The molecule has 0 saturated carbocycles. The average Bonchev–Trinajstić information content (AvgIpc) is 2.88. The molecule has 0 aliphatic carbocycles. The van der Waals surface area contributed by atoms with Crippen LogP contribution < -0.4 is 0 Å². The zero-order chi connectivity index (χ0) is 17.9. The van der Waals surface area contributed by atoms with Crippen molar-refractivity contribution in [1.82, 2.24) is 14.8 Å². The number of pyridine rings is 1. The van der Waals surface area contributed by atoms with Crippen LogP contribution in [-0.2, 0) is 20.7 Å². The minimum atomic E-state index is -0.372. The topological polar surface area (TPSA) is 62.7 Å². The van der Waals surface area contributed by atoms with Crippen LogP contribution in [0.2, 0.25) is 0 Å². The highest BCUT2D eigenvalue weighted by molar-refractivity contribution is 5.80. The molecule has 2 fully saturated rings. The molecule has 1 aromatic heterocycles. The zero-order valence-electron chi connectivity index (χ0n) is 15.1. The Labute approximate surface area is 149 Å². The highest BCUT2D eigenvalue weighted by Gasteiger charge is 2.50. The number of piperidine rings is 1. The molecule has 3 rings (SSSR count). The summed E-state index contributed by atoms with van der Waals surface area (Å²) in [4.78, 5) is 32.8. The summed E-state index contributed by atoms with van der Waals surface area (Å²) in [5.41, 5.74) is 0.755. The van der Waals surface area contributed by atoms with Gasteiger partial charge in [-0.05, 0) is 51.1 Å². The maximum atomic E-state index is 12.5. The molecular formula is C19H27N3O3. The van der Waals surface area contributed by atoms with Crippen molar-refractivity contribution in [3.05, 3.63) is 30.1 Å². The zero-order valence-corrected chi connectivity index (χ0v) is 15.1. The van der Waals surface area contributed by atoms with Gasteiger partial charge in [-0.3, -0.25) is 14.6 Å². The smallest absolute Gasteiger partial charge is 0.312 e. The van der Waals surface area contributed by atoms with Gasteiger partial charge in [-0.15, -0.1) is 0 Å². The van der Waals surface area contributed by atoms with Crippen LogP contribution in [0.25, 0.3) is 0 Å². The average molecular weight is 345 g/mol. The number of esters is 1. The SMILES string of the molecule is CN(C)CC1CC2(CCN(C(=O)CCc3ccncc3)CC2)C(=O)O1. The minimum absolute atomic E-state index is 0.0172. The molecule has 0 radical (unpaired) electrons. The van der Waals surface area contributed by atoms with Gasteiger partial charge in [0.2, 0.25) is 5.91 Å². The summed E-state index contributed by atoms with van der Waals surface area (Å²) in [7, 11) is 3.98. The lowest BCUT2D eigenvalue weighted by molar-refractivity contribution is -0.152. The van der Waals surface area contributed by atoms with Crippen LogP contribution in [0.4, 0.5) is 0 Å². The third-order valence-electron chi connectivity index (χ3n) is 5.34. The molecule has 25 heavy (non-hydrogen) atoms. The minimum Gasteiger partial charge on any atom is -0.461 e. The number of aryl methyl sites for hydroxylation is 1. The summed E-state index contributed by atoms with van der Waals surface area (Å²) in [6.07, 6.45) is 6.94. The van der Waals surface area contributed by atoms with E-state index in [4.69, 9.17) is 4.74 Å². The van der Waals surface area contributed by atoms with Gasteiger partial charge in [0.05, 0.1) is 5.41 Å². The summed E-state index contributed by atoms with van der Waals surface area (Å²) < 4.78 is 5.58. The molecule has 0 bridgehead atoms. The molecule has 136 valence electrons. The first-order chi connectivity index (χ1) is 12.0. The number of rotatable bonds is 5. The molecule has 2 aliphatic rings. The van der Waals surface area contributed by atoms with E-state index in [0.29, 0.717) is 19.5 Å². The highest BCUT2D eigenvalue weighted by atomic mass is 16.6. The quantitative estimate of drug-likeness (QED) is 0.757. The first kappa shape index (κ1) is 17.9. The molecular weight excluding hydrogens is 318 g/mol. The number of aromatic nitrogens is 1. The standard InChI is InChI=1S/C19H27N3O3/c1-21(2)14-16-13-19(18(24)25-16)7-11-22(12-8-19)17(23)4-3-15-5-9-20-10-6-15/h5-6,9-10,16H,3-4,7-8,11-14H2,1-2H3. The van der Waals surface area contributed by atoms with Crippen molar-refractivity contribution in [3.8, 4) is 0 Å². The highest BCUT2D eigenvalue weighted by Crippen LogP contribution is 2.43. The van der Waals surface area contributed by atoms with Gasteiger partial charge in [-0.25, -0.2) is 0 Å². The molecule has 0 aromatic carbocycles. The summed E-state index contributed by atoms with van der Waals surface area (Å²) in [5, 5.41) is 0. The predicted molar refractivity (Wildman–Crippen MR) is 93.9 cm³/mol. The number of ether oxygens (including phenoxy) is 1. The second kappa shape index (κ2) is 7.52. The predicted octanol–water partition coefficient (Wildman–Crippen LogP) is 1.50. The Morgan fingerprint density at radius 1 is 1.32 bits per heavy atom. The first-order valence-electron chi connectivity index (χ1n) is 9.01. The number of nitrogens with zero attached hydrogens (tertiary/aromatic N) is 3. The summed E-state index contributed by atoms with van der Waals surface area (Å²) in [6, 6.07) is 3.88. The molecule has 1 amide bonds. The van der Waals surface area contributed by atoms with Crippen molar-refractivity contribution in [2.24, 2.45) is 5.41 Å². The van der Waals surface area contributed by atoms with E-state index in [-0.39, 0.29) is 23.4 Å². The van der Waals surface area contributed by atoms with Crippen molar-refractivity contribution < 1.29 is 14.3 Å². The molecule has 1 aromatic rings. The molecule has 2 aliphatic heterocycles. The Kier molecular flexibility index (Phi) is 5.37. The Balaban J connectivity index is 1.49. The van der Waals surface area contributed by atoms with Crippen LogP contribution in [0, 0.1) is 5.41 Å². The number of likely N-dealkylation sites (N-methyl/N-ethyl adjacent to an activating group) is 1. The van der Waals surface area contributed by atoms with Gasteiger partial charge < -0.3 is 14.5 Å². The van der Waals surface area contributed by atoms with Crippen LogP contribution in [0.5, 0.6) is 0 Å². The maximum absolute atomic E-state index is 12.5. The molecule has 3 heterocycles. The Bertz CT molecular complexity index is 610. The third-order valence-corrected chi connectivity index (χ3v) is 5.34. The van der Waals surface area contributed by atoms with Gasteiger partial charge in [-0.1, -0.05) is 0 Å². The van der Waals surface area contributed by atoms with E-state index in [1.54, 1.807) is 12.4 Å². The fourth-order valence-corrected chi connectivity index (χ4v) is 3.90. The van der Waals surface area contributed by atoms with Crippen molar-refractivity contribution in [2.75, 3.05) is 33.7 Å². The lowest BCUT2D eigenvalue weighted by Gasteiger charge is -2.36. The molecule has 1 atom stereocenters. The van der Waals surface area contributed by atoms with Crippen molar-refractivity contribution in [2.45, 2.75) is 38.2 Å². The second-order valence-corrected chi connectivity index (χ2v) is 7.51. The van der Waals surface area contributed by atoms with Gasteiger partial charge in [0.15, 0.2) is 0 Å². The van der Waals surface area contributed by atoms with Crippen LogP contribution >= 0.6 is 0 Å². The number of amides is 1. The van der Waals surface area contributed by atoms with E-state index < -0.39 is 0 Å². The lowest BCUT2D eigenvalue weighted by atomic mass is 9.76. The van der Waals surface area contributed by atoms with Gasteiger partial charge >= 0.3 is 5.97 Å². The molecule has 1 unspecified atom stereocenters. The first-order valence-corrected chi connectivity index (χ1v) is 9.01. The summed E-state index contributed by atoms with van der Waals surface area (Å²) >= 11 is 0. The monoisotopic (exact) mass is 345 g/mol. The van der Waals surface area contributed by atoms with Crippen molar-refractivity contribution in [3.63, 3.8) is 0 Å². The fraction of sp³-hybridized carbons (Fsp3) is 0.632. The van der Waals surface area contributed by atoms with E-state index >= 15 is 0 Å². The van der Waals surface area contributed by atoms with Crippen molar-refractivity contribution in [1.29, 1.82) is 0 Å². The van der Waals surface area contributed by atoms with Crippen LogP contribution in [0.3, 0.4) is 0 Å². The molecule has 2 saturated heterocycles. The molecule has 0 N–H and O–H groups in total. The van der Waals surface area contributed by atoms with E-state index in [9.17, 15) is 9.59 Å². The maximum Gasteiger partial charge on any atom is 0.312 e. The molecule has 6 heteroatoms. The number of carbonyl (C=O) groups is 2. The van der Waals surface area contributed by atoms with Crippen LogP contribution in [0.15, 0.2) is 24.5 Å². The number of carbonyl (C=O) groups excluding carboxylic acids is 2. The number of cyclic esters (lactones) is 1. The number of likely N-dealkylation sites (tertiary alicyclic amines) is 1. The largest absolute Gasteiger partial charge is 0.461 e. The number of hydrogen-bond donors (Lipinski definition) is 0. The Morgan fingerprint density at radius 3 is 2.64 bits per heavy atom. The van der Waals surface area contributed by atoms with Crippen molar-refractivity contribution >= 4 is 11.9 Å². The van der Waals surface area contributed by atoms with E-state index in [1.165, 1.54) is 0 Å². The molecule has 1 spiro atoms. The Hall–Kier alpha value is -1.95. The van der Waals surface area contributed by atoms with Crippen LogP contribution in [-0.4, -0.2) is 66.5 Å². The van der Waals surface area contributed by atoms with Gasteiger partial charge in [0.25, 0.3) is 0 Å². The lowest BCUT2D eigenvalue weighted by Crippen LogP contribution is -2.45. The van der Waals surface area contributed by atoms with Gasteiger partial charge in [-0.2, -0.15) is 0 Å². The van der Waals surface area contributed by atoms with E-state index in [1.807, 2.05) is 31.1 Å². The van der Waals surface area contributed by atoms with Gasteiger partial charge in [0.1, 0.15) is 6.10 Å². The third kappa shape index (κ3) is 4.18. The summed E-state index contributed by atoms with van der Waals surface area (Å²) in [5.74, 6) is 0.103. The number of hydrogen-bond acceptors (Lipinski definition) is 5. The summed E-state index contributed by atoms with van der Waals surface area (Å²) in [6.45, 7) is 2.07. The van der Waals surface area contributed by atoms with E-state index in [0.717, 1.165) is 37.8 Å². The fourth-order valence-electron chi connectivity index (χ4n) is 3.90. The molecule has 6 nitrogen and oxygen atoms in total. The normalized spacial score (nSPS) is 22.4. The van der Waals surface area contributed by atoms with Gasteiger partial charge in [0, 0.05) is 44.9 Å². The van der Waals surface area contributed by atoms with E-state index in [2.05, 4.69) is 9.88 Å².